The Kier molecular flexibility index (Phi) is 5.00. The SMILES string of the molecule is Cc1nc(C(=O)N2CC3CCCCC3C2CC(=O)O)c(-c2ccccc2)s1. The number of carboxylic acids is 1. The molecule has 1 saturated carbocycles. The number of aliphatic carboxylic acids is 1. The van der Waals surface area contributed by atoms with E-state index >= 15 is 0 Å². The van der Waals surface area contributed by atoms with Crippen LogP contribution in [0.4, 0.5) is 0 Å². The van der Waals surface area contributed by atoms with Gasteiger partial charge in [0.1, 0.15) is 5.69 Å². The molecule has 2 fully saturated rings. The van der Waals surface area contributed by atoms with Gasteiger partial charge in [0, 0.05) is 12.6 Å². The molecule has 3 atom stereocenters. The number of fused-ring (bicyclic) bond motifs is 1. The van der Waals surface area contributed by atoms with Crippen molar-refractivity contribution in [3.05, 3.63) is 41.0 Å². The van der Waals surface area contributed by atoms with E-state index in [1.165, 1.54) is 17.8 Å². The van der Waals surface area contributed by atoms with E-state index in [1.54, 1.807) is 0 Å². The smallest absolute Gasteiger partial charge is 0.305 e. The summed E-state index contributed by atoms with van der Waals surface area (Å²) in [5, 5.41) is 10.3. The number of carboxylic acid groups (broad SMARTS) is 1. The lowest BCUT2D eigenvalue weighted by molar-refractivity contribution is -0.138. The summed E-state index contributed by atoms with van der Waals surface area (Å²) in [5.74, 6) is -0.216. The number of aryl methyl sites for hydroxylation is 1. The van der Waals surface area contributed by atoms with Gasteiger partial charge in [-0.05, 0) is 37.2 Å². The zero-order valence-corrected chi connectivity index (χ0v) is 16.2. The molecule has 2 heterocycles. The lowest BCUT2D eigenvalue weighted by Gasteiger charge is -2.29. The normalized spacial score (nSPS) is 24.6. The third-order valence-corrected chi connectivity index (χ3v) is 6.93. The second-order valence-corrected chi connectivity index (χ2v) is 8.81. The van der Waals surface area contributed by atoms with Gasteiger partial charge in [-0.15, -0.1) is 11.3 Å². The zero-order chi connectivity index (χ0) is 19.0. The summed E-state index contributed by atoms with van der Waals surface area (Å²) in [6.07, 6.45) is 4.44. The molecule has 2 aliphatic rings. The van der Waals surface area contributed by atoms with Gasteiger partial charge in [-0.2, -0.15) is 0 Å². The van der Waals surface area contributed by atoms with E-state index in [0.717, 1.165) is 34.7 Å². The summed E-state index contributed by atoms with van der Waals surface area (Å²) in [5.41, 5.74) is 1.45. The van der Waals surface area contributed by atoms with Crippen molar-refractivity contribution in [2.75, 3.05) is 6.54 Å². The number of rotatable bonds is 4. The van der Waals surface area contributed by atoms with Gasteiger partial charge < -0.3 is 10.0 Å². The molecule has 142 valence electrons. The summed E-state index contributed by atoms with van der Waals surface area (Å²) < 4.78 is 0. The van der Waals surface area contributed by atoms with Crippen LogP contribution in [0.2, 0.25) is 0 Å². The largest absolute Gasteiger partial charge is 0.481 e. The number of amides is 1. The minimum atomic E-state index is -0.832. The molecule has 1 N–H and O–H groups in total. The Labute approximate surface area is 163 Å². The second kappa shape index (κ2) is 7.43. The molecule has 0 bridgehead atoms. The minimum Gasteiger partial charge on any atom is -0.481 e. The van der Waals surface area contributed by atoms with Crippen molar-refractivity contribution in [1.82, 2.24) is 9.88 Å². The Morgan fingerprint density at radius 1 is 1.22 bits per heavy atom. The number of hydrogen-bond acceptors (Lipinski definition) is 4. The summed E-state index contributed by atoms with van der Waals surface area (Å²) in [6, 6.07) is 9.62. The van der Waals surface area contributed by atoms with E-state index in [0.29, 0.717) is 24.1 Å². The van der Waals surface area contributed by atoms with Gasteiger partial charge in [0.05, 0.1) is 16.3 Å². The fourth-order valence-electron chi connectivity index (χ4n) is 4.76. The van der Waals surface area contributed by atoms with Gasteiger partial charge in [-0.1, -0.05) is 43.2 Å². The molecule has 27 heavy (non-hydrogen) atoms. The quantitative estimate of drug-likeness (QED) is 0.857. The molecule has 1 aliphatic heterocycles. The summed E-state index contributed by atoms with van der Waals surface area (Å²) in [6.45, 7) is 2.57. The first-order chi connectivity index (χ1) is 13.0. The van der Waals surface area contributed by atoms with Crippen molar-refractivity contribution in [2.24, 2.45) is 11.8 Å². The highest BCUT2D eigenvalue weighted by Crippen LogP contribution is 2.43. The highest BCUT2D eigenvalue weighted by Gasteiger charge is 2.46. The number of thiazole rings is 1. The molecular weight excluding hydrogens is 360 g/mol. The van der Waals surface area contributed by atoms with Crippen LogP contribution in [0.5, 0.6) is 0 Å². The van der Waals surface area contributed by atoms with Crippen LogP contribution in [0, 0.1) is 18.8 Å². The first kappa shape index (κ1) is 18.2. The molecule has 0 radical (unpaired) electrons. The lowest BCUT2D eigenvalue weighted by atomic mass is 9.78. The molecule has 3 unspecified atom stereocenters. The van der Waals surface area contributed by atoms with Crippen LogP contribution >= 0.6 is 11.3 Å². The van der Waals surface area contributed by atoms with Crippen molar-refractivity contribution in [1.29, 1.82) is 0 Å². The van der Waals surface area contributed by atoms with Gasteiger partial charge in [-0.25, -0.2) is 4.98 Å². The number of carbonyl (C=O) groups is 2. The van der Waals surface area contributed by atoms with Crippen molar-refractivity contribution >= 4 is 23.2 Å². The van der Waals surface area contributed by atoms with Crippen LogP contribution in [-0.2, 0) is 4.79 Å². The Hall–Kier alpha value is -2.21. The maximum Gasteiger partial charge on any atom is 0.305 e. The fraction of sp³-hybridized carbons (Fsp3) is 0.476. The maximum atomic E-state index is 13.5. The third-order valence-electron chi connectivity index (χ3n) is 5.91. The monoisotopic (exact) mass is 384 g/mol. The topological polar surface area (TPSA) is 70.5 Å². The third kappa shape index (κ3) is 3.50. The zero-order valence-electron chi connectivity index (χ0n) is 15.4. The second-order valence-electron chi connectivity index (χ2n) is 7.61. The average molecular weight is 385 g/mol. The maximum absolute atomic E-state index is 13.5. The van der Waals surface area contributed by atoms with Crippen LogP contribution in [0.15, 0.2) is 30.3 Å². The highest BCUT2D eigenvalue weighted by atomic mass is 32.1. The number of benzene rings is 1. The van der Waals surface area contributed by atoms with Crippen LogP contribution in [0.25, 0.3) is 10.4 Å². The predicted molar refractivity (Wildman–Crippen MR) is 105 cm³/mol. The molecule has 5 nitrogen and oxygen atoms in total. The lowest BCUT2D eigenvalue weighted by Crippen LogP contribution is -2.39. The van der Waals surface area contributed by atoms with Gasteiger partial charge >= 0.3 is 5.97 Å². The van der Waals surface area contributed by atoms with Gasteiger partial charge in [0.15, 0.2) is 0 Å². The molecule has 6 heteroatoms. The van der Waals surface area contributed by atoms with Crippen molar-refractivity contribution < 1.29 is 14.7 Å². The molecule has 2 aromatic rings. The number of hydrogen-bond donors (Lipinski definition) is 1. The van der Waals surface area contributed by atoms with E-state index in [1.807, 2.05) is 42.2 Å². The van der Waals surface area contributed by atoms with Crippen LogP contribution < -0.4 is 0 Å². The van der Waals surface area contributed by atoms with E-state index in [4.69, 9.17) is 0 Å². The molecule has 1 saturated heterocycles. The number of nitrogens with zero attached hydrogens (tertiary/aromatic N) is 2. The van der Waals surface area contributed by atoms with Crippen LogP contribution in [-0.4, -0.2) is 39.5 Å². The Morgan fingerprint density at radius 3 is 2.70 bits per heavy atom. The molecule has 1 amide bonds. The minimum absolute atomic E-state index is 0.0245. The Balaban J connectivity index is 1.68. The molecular formula is C21H24N2O3S. The van der Waals surface area contributed by atoms with Crippen molar-refractivity contribution in [2.45, 2.75) is 45.1 Å². The first-order valence-corrected chi connectivity index (χ1v) is 10.4. The van der Waals surface area contributed by atoms with Crippen LogP contribution in [0.3, 0.4) is 0 Å². The summed E-state index contributed by atoms with van der Waals surface area (Å²) in [7, 11) is 0. The Morgan fingerprint density at radius 2 is 1.96 bits per heavy atom. The molecule has 1 aromatic carbocycles. The number of aromatic nitrogens is 1. The van der Waals surface area contributed by atoms with E-state index in [-0.39, 0.29) is 18.4 Å². The highest BCUT2D eigenvalue weighted by molar-refractivity contribution is 7.15. The van der Waals surface area contributed by atoms with E-state index < -0.39 is 5.97 Å². The fourth-order valence-corrected chi connectivity index (χ4v) is 5.67. The summed E-state index contributed by atoms with van der Waals surface area (Å²) in [4.78, 5) is 32.2. The van der Waals surface area contributed by atoms with E-state index in [9.17, 15) is 14.7 Å². The number of likely N-dealkylation sites (tertiary alicyclic amines) is 1. The van der Waals surface area contributed by atoms with Crippen LogP contribution in [0.1, 0.15) is 47.6 Å². The van der Waals surface area contributed by atoms with Gasteiger partial charge in [0.25, 0.3) is 5.91 Å². The predicted octanol–water partition coefficient (Wildman–Crippen LogP) is 4.22. The first-order valence-electron chi connectivity index (χ1n) is 9.60. The molecule has 0 spiro atoms. The van der Waals surface area contributed by atoms with Crippen molar-refractivity contribution in [3.63, 3.8) is 0 Å². The Bertz CT molecular complexity index is 848. The standard InChI is InChI=1S/C21H24N2O3S/c1-13-22-19(20(27-13)14-7-3-2-4-8-14)21(26)23-12-15-9-5-6-10-16(15)17(23)11-18(24)25/h2-4,7-8,15-17H,5-6,9-12H2,1H3,(H,24,25). The average Bonchev–Trinajstić information content (AvgIpc) is 3.23. The van der Waals surface area contributed by atoms with Gasteiger partial charge in [0.2, 0.25) is 0 Å². The molecule has 4 rings (SSSR count). The summed E-state index contributed by atoms with van der Waals surface area (Å²) >= 11 is 1.52. The molecule has 1 aromatic heterocycles. The number of carbonyl (C=O) groups excluding carboxylic acids is 1. The van der Waals surface area contributed by atoms with Gasteiger partial charge in [-0.3, -0.25) is 9.59 Å². The van der Waals surface area contributed by atoms with Crippen molar-refractivity contribution in [3.8, 4) is 10.4 Å². The molecule has 1 aliphatic carbocycles. The van der Waals surface area contributed by atoms with E-state index in [2.05, 4.69) is 4.98 Å².